The van der Waals surface area contributed by atoms with E-state index in [-0.39, 0.29) is 23.5 Å². The summed E-state index contributed by atoms with van der Waals surface area (Å²) in [4.78, 5) is 23.3. The first-order valence-corrected chi connectivity index (χ1v) is 7.36. The van der Waals surface area contributed by atoms with E-state index < -0.39 is 17.8 Å². The van der Waals surface area contributed by atoms with Gasteiger partial charge in [-0.25, -0.2) is 4.79 Å². The minimum absolute atomic E-state index is 0.166. The van der Waals surface area contributed by atoms with Crippen molar-refractivity contribution >= 4 is 11.9 Å². The average molecular weight is 351 g/mol. The highest BCUT2D eigenvalue weighted by Gasteiger charge is 2.30. The zero-order chi connectivity index (χ0) is 18.8. The number of halogens is 3. The van der Waals surface area contributed by atoms with Crippen LogP contribution in [-0.2, 0) is 12.6 Å². The molecule has 7 heteroatoms. The van der Waals surface area contributed by atoms with Crippen LogP contribution in [0.4, 0.5) is 18.0 Å². The first-order chi connectivity index (χ1) is 11.6. The van der Waals surface area contributed by atoms with E-state index in [1.807, 2.05) is 0 Å². The van der Waals surface area contributed by atoms with Gasteiger partial charge in [0.15, 0.2) is 5.78 Å². The maximum atomic E-state index is 12.8. The van der Waals surface area contributed by atoms with Gasteiger partial charge < -0.3 is 10.5 Å². The van der Waals surface area contributed by atoms with Gasteiger partial charge in [0, 0.05) is 12.0 Å². The average Bonchev–Trinajstić information content (AvgIpc) is 2.49. The van der Waals surface area contributed by atoms with E-state index in [1.165, 1.54) is 24.3 Å². The number of rotatable bonds is 4. The van der Waals surface area contributed by atoms with Crippen molar-refractivity contribution in [3.63, 3.8) is 0 Å². The number of hydrogen-bond donors (Lipinski definition) is 1. The zero-order valence-electron chi connectivity index (χ0n) is 13.6. The summed E-state index contributed by atoms with van der Waals surface area (Å²) in [6.07, 6.45) is -5.59. The van der Waals surface area contributed by atoms with Crippen molar-refractivity contribution in [1.82, 2.24) is 0 Å². The van der Waals surface area contributed by atoms with Crippen LogP contribution in [0.2, 0.25) is 0 Å². The number of alkyl halides is 3. The standard InChI is InChI=1S/C18H16F3NO3/c1-10-7-16(25-17(22)24)11(2)6-14(10)15(23)9-12-4-3-5-13(8-12)18(19,20)21/h3-8H,9H2,1-2H3,(H2,22,24). The third-order valence-corrected chi connectivity index (χ3v) is 3.65. The lowest BCUT2D eigenvalue weighted by molar-refractivity contribution is -0.137. The molecule has 0 unspecified atom stereocenters. The van der Waals surface area contributed by atoms with Crippen molar-refractivity contribution in [3.8, 4) is 5.75 Å². The summed E-state index contributed by atoms with van der Waals surface area (Å²) >= 11 is 0. The molecule has 0 bridgehead atoms. The molecule has 1 amide bonds. The first-order valence-electron chi connectivity index (χ1n) is 7.36. The molecule has 25 heavy (non-hydrogen) atoms. The van der Waals surface area contributed by atoms with Crippen LogP contribution in [0, 0.1) is 13.8 Å². The second-order valence-electron chi connectivity index (χ2n) is 5.65. The fraction of sp³-hybridized carbons (Fsp3) is 0.222. The van der Waals surface area contributed by atoms with Gasteiger partial charge in [-0.1, -0.05) is 18.2 Å². The third-order valence-electron chi connectivity index (χ3n) is 3.65. The summed E-state index contributed by atoms with van der Waals surface area (Å²) in [7, 11) is 0. The Bertz CT molecular complexity index is 829. The number of carbonyl (C=O) groups excluding carboxylic acids is 2. The van der Waals surface area contributed by atoms with Gasteiger partial charge in [0.05, 0.1) is 5.56 Å². The molecule has 2 rings (SSSR count). The number of ketones is 1. The molecule has 0 atom stereocenters. The van der Waals surface area contributed by atoms with Gasteiger partial charge in [-0.2, -0.15) is 13.2 Å². The minimum Gasteiger partial charge on any atom is -0.410 e. The quantitative estimate of drug-likeness (QED) is 0.839. The second-order valence-corrected chi connectivity index (χ2v) is 5.65. The van der Waals surface area contributed by atoms with Crippen molar-refractivity contribution in [1.29, 1.82) is 0 Å². The molecule has 4 nitrogen and oxygen atoms in total. The van der Waals surface area contributed by atoms with E-state index in [0.29, 0.717) is 16.7 Å². The molecule has 0 radical (unpaired) electrons. The lowest BCUT2D eigenvalue weighted by atomic mass is 9.96. The van der Waals surface area contributed by atoms with Crippen LogP contribution in [0.15, 0.2) is 36.4 Å². The van der Waals surface area contributed by atoms with Gasteiger partial charge in [0.25, 0.3) is 0 Å². The molecule has 0 heterocycles. The SMILES string of the molecule is Cc1cc(C(=O)Cc2cccc(C(F)(F)F)c2)c(C)cc1OC(N)=O. The monoisotopic (exact) mass is 351 g/mol. The number of nitrogens with two attached hydrogens (primary N) is 1. The van der Waals surface area contributed by atoms with Gasteiger partial charge in [-0.15, -0.1) is 0 Å². The Hall–Kier alpha value is -2.83. The normalized spacial score (nSPS) is 11.2. The molecule has 0 spiro atoms. The molecule has 0 aliphatic heterocycles. The lowest BCUT2D eigenvalue weighted by Gasteiger charge is -2.12. The lowest BCUT2D eigenvalue weighted by Crippen LogP contribution is -2.17. The van der Waals surface area contributed by atoms with Crippen LogP contribution < -0.4 is 10.5 Å². The van der Waals surface area contributed by atoms with Gasteiger partial charge in [-0.05, 0) is 48.7 Å². The Morgan fingerprint density at radius 1 is 1.08 bits per heavy atom. The van der Waals surface area contributed by atoms with E-state index in [0.717, 1.165) is 12.1 Å². The number of Topliss-reactive ketones (excluding diaryl/α,β-unsaturated/α-hetero) is 1. The minimum atomic E-state index is -4.46. The summed E-state index contributed by atoms with van der Waals surface area (Å²) < 4.78 is 43.1. The Kier molecular flexibility index (Phi) is 5.15. The smallest absolute Gasteiger partial charge is 0.410 e. The topological polar surface area (TPSA) is 69.4 Å². The number of ether oxygens (including phenoxy) is 1. The highest BCUT2D eigenvalue weighted by atomic mass is 19.4. The second kappa shape index (κ2) is 6.96. The Morgan fingerprint density at radius 3 is 2.36 bits per heavy atom. The van der Waals surface area contributed by atoms with Gasteiger partial charge in [-0.3, -0.25) is 4.79 Å². The predicted octanol–water partition coefficient (Wildman–Crippen LogP) is 4.21. The summed E-state index contributed by atoms with van der Waals surface area (Å²) in [5, 5.41) is 0. The number of primary amides is 1. The van der Waals surface area contributed by atoms with E-state index in [9.17, 15) is 22.8 Å². The van der Waals surface area contributed by atoms with Crippen molar-refractivity contribution in [2.75, 3.05) is 0 Å². The maximum absolute atomic E-state index is 12.8. The van der Waals surface area contributed by atoms with E-state index in [2.05, 4.69) is 0 Å². The zero-order valence-corrected chi connectivity index (χ0v) is 13.6. The molecular formula is C18H16F3NO3. The first kappa shape index (κ1) is 18.5. The maximum Gasteiger partial charge on any atom is 0.416 e. The molecule has 0 aromatic heterocycles. The molecule has 0 fully saturated rings. The van der Waals surface area contributed by atoms with Crippen molar-refractivity contribution in [3.05, 3.63) is 64.2 Å². The summed E-state index contributed by atoms with van der Waals surface area (Å²) in [5.41, 5.74) is 5.87. The fourth-order valence-electron chi connectivity index (χ4n) is 2.45. The number of aryl methyl sites for hydroxylation is 2. The van der Waals surface area contributed by atoms with Crippen molar-refractivity contribution in [2.45, 2.75) is 26.4 Å². The molecule has 0 saturated carbocycles. The highest BCUT2D eigenvalue weighted by molar-refractivity contribution is 5.99. The molecule has 0 aliphatic rings. The van der Waals surface area contributed by atoms with Crippen molar-refractivity contribution < 1.29 is 27.5 Å². The van der Waals surface area contributed by atoms with E-state index >= 15 is 0 Å². The van der Waals surface area contributed by atoms with Crippen LogP contribution >= 0.6 is 0 Å². The van der Waals surface area contributed by atoms with Crippen LogP contribution in [0.5, 0.6) is 5.75 Å². The van der Waals surface area contributed by atoms with Crippen LogP contribution in [0.1, 0.15) is 32.6 Å². The molecule has 0 aliphatic carbocycles. The van der Waals surface area contributed by atoms with E-state index in [4.69, 9.17) is 10.5 Å². The van der Waals surface area contributed by atoms with Crippen LogP contribution in [0.25, 0.3) is 0 Å². The molecule has 2 aromatic rings. The Labute approximate surface area is 142 Å². The molecule has 2 N–H and O–H groups in total. The number of amides is 1. The van der Waals surface area contributed by atoms with Gasteiger partial charge in [0.2, 0.25) is 0 Å². The number of hydrogen-bond acceptors (Lipinski definition) is 3. The predicted molar refractivity (Wildman–Crippen MR) is 85.6 cm³/mol. The Balaban J connectivity index is 2.27. The Morgan fingerprint density at radius 2 is 1.76 bits per heavy atom. The largest absolute Gasteiger partial charge is 0.416 e. The van der Waals surface area contributed by atoms with Crippen molar-refractivity contribution in [2.24, 2.45) is 5.73 Å². The molecule has 0 saturated heterocycles. The highest BCUT2D eigenvalue weighted by Crippen LogP contribution is 2.30. The number of carbonyl (C=O) groups is 2. The fourth-order valence-corrected chi connectivity index (χ4v) is 2.45. The third kappa shape index (κ3) is 4.59. The molecule has 132 valence electrons. The van der Waals surface area contributed by atoms with Gasteiger partial charge in [0.1, 0.15) is 5.75 Å². The molecular weight excluding hydrogens is 335 g/mol. The van der Waals surface area contributed by atoms with E-state index in [1.54, 1.807) is 13.8 Å². The van der Waals surface area contributed by atoms with Crippen LogP contribution in [-0.4, -0.2) is 11.9 Å². The van der Waals surface area contributed by atoms with Gasteiger partial charge >= 0.3 is 12.3 Å². The van der Waals surface area contributed by atoms with Crippen LogP contribution in [0.3, 0.4) is 0 Å². The summed E-state index contributed by atoms with van der Waals surface area (Å²) in [6, 6.07) is 7.69. The summed E-state index contributed by atoms with van der Waals surface area (Å²) in [5.74, 6) is -0.0915. The summed E-state index contributed by atoms with van der Waals surface area (Å²) in [6.45, 7) is 3.28. The molecule has 2 aromatic carbocycles. The number of benzene rings is 2.